The predicted molar refractivity (Wildman–Crippen MR) is 56.7 cm³/mol. The van der Waals surface area contributed by atoms with E-state index in [1.165, 1.54) is 12.1 Å². The summed E-state index contributed by atoms with van der Waals surface area (Å²) < 4.78 is 20.2. The Kier molecular flexibility index (Phi) is 3.05. The van der Waals surface area contributed by atoms with Gasteiger partial charge in [-0.3, -0.25) is 0 Å². The maximum absolute atomic E-state index is 13.1. The third-order valence-electron chi connectivity index (χ3n) is 2.06. The van der Waals surface area contributed by atoms with Crippen molar-refractivity contribution in [1.29, 1.82) is 0 Å². The Balaban J connectivity index is 2.05. The number of hydrogen-bond acceptors (Lipinski definition) is 3. The normalized spacial score (nSPS) is 10.4. The molecule has 0 aliphatic heterocycles. The summed E-state index contributed by atoms with van der Waals surface area (Å²) in [5, 5.41) is 7.62. The van der Waals surface area contributed by atoms with Crippen LogP contribution in [0.15, 0.2) is 24.5 Å². The first-order valence-electron chi connectivity index (χ1n) is 4.57. The van der Waals surface area contributed by atoms with Gasteiger partial charge in [0.1, 0.15) is 24.5 Å². The predicted octanol–water partition coefficient (Wildman–Crippen LogP) is 2.19. The quantitative estimate of drug-likeness (QED) is 0.827. The van der Waals surface area contributed by atoms with Crippen LogP contribution < -0.4 is 4.74 Å². The molecule has 0 radical (unpaired) electrons. The third-order valence-corrected chi connectivity index (χ3v) is 2.37. The van der Waals surface area contributed by atoms with Gasteiger partial charge >= 0.3 is 0 Å². The van der Waals surface area contributed by atoms with Crippen molar-refractivity contribution in [3.63, 3.8) is 0 Å². The van der Waals surface area contributed by atoms with E-state index in [1.54, 1.807) is 24.0 Å². The van der Waals surface area contributed by atoms with Crippen LogP contribution in [0.1, 0.15) is 5.82 Å². The van der Waals surface area contributed by atoms with Crippen LogP contribution in [-0.2, 0) is 13.7 Å². The number of halogens is 2. The number of benzene rings is 1. The summed E-state index contributed by atoms with van der Waals surface area (Å²) in [5.41, 5.74) is 0. The summed E-state index contributed by atoms with van der Waals surface area (Å²) in [4.78, 5) is 0. The first-order chi connectivity index (χ1) is 7.66. The first kappa shape index (κ1) is 10.9. The molecule has 0 bridgehead atoms. The fourth-order valence-electron chi connectivity index (χ4n) is 1.15. The molecule has 84 valence electrons. The van der Waals surface area contributed by atoms with Crippen LogP contribution in [0, 0.1) is 5.82 Å². The minimum absolute atomic E-state index is 0.0750. The largest absolute Gasteiger partial charge is 0.485 e. The molecule has 0 fully saturated rings. The van der Waals surface area contributed by atoms with Crippen molar-refractivity contribution in [3.8, 4) is 5.75 Å². The van der Waals surface area contributed by atoms with Crippen molar-refractivity contribution in [2.24, 2.45) is 7.05 Å². The Morgan fingerprint density at radius 1 is 1.50 bits per heavy atom. The first-order valence-corrected chi connectivity index (χ1v) is 4.95. The van der Waals surface area contributed by atoms with E-state index in [4.69, 9.17) is 16.3 Å². The molecule has 1 aromatic heterocycles. The van der Waals surface area contributed by atoms with Crippen molar-refractivity contribution in [2.45, 2.75) is 6.61 Å². The molecule has 0 N–H and O–H groups in total. The summed E-state index contributed by atoms with van der Waals surface area (Å²) in [6.45, 7) is 0.234. The molecule has 0 saturated heterocycles. The van der Waals surface area contributed by atoms with Gasteiger partial charge in [-0.1, -0.05) is 11.6 Å². The van der Waals surface area contributed by atoms with Crippen molar-refractivity contribution in [2.75, 3.05) is 0 Å². The van der Waals surface area contributed by atoms with E-state index < -0.39 is 5.82 Å². The highest BCUT2D eigenvalue weighted by Gasteiger charge is 2.04. The summed E-state index contributed by atoms with van der Waals surface area (Å²) in [6.07, 6.45) is 1.57. The highest BCUT2D eigenvalue weighted by molar-refractivity contribution is 6.30. The van der Waals surface area contributed by atoms with Crippen LogP contribution in [0.4, 0.5) is 4.39 Å². The second kappa shape index (κ2) is 4.49. The smallest absolute Gasteiger partial charge is 0.170 e. The van der Waals surface area contributed by atoms with Gasteiger partial charge < -0.3 is 9.30 Å². The maximum atomic E-state index is 13.1. The summed E-state index contributed by atoms with van der Waals surface area (Å²) >= 11 is 5.55. The Morgan fingerprint density at radius 2 is 2.31 bits per heavy atom. The highest BCUT2D eigenvalue weighted by atomic mass is 35.5. The molecule has 0 spiro atoms. The van der Waals surface area contributed by atoms with Gasteiger partial charge in [-0.2, -0.15) is 0 Å². The second-order valence-electron chi connectivity index (χ2n) is 3.22. The Morgan fingerprint density at radius 3 is 2.94 bits per heavy atom. The number of rotatable bonds is 3. The van der Waals surface area contributed by atoms with Gasteiger partial charge in [-0.05, 0) is 12.1 Å². The van der Waals surface area contributed by atoms with Crippen molar-refractivity contribution >= 4 is 11.6 Å². The van der Waals surface area contributed by atoms with Crippen LogP contribution in [0.2, 0.25) is 5.02 Å². The molecule has 6 heteroatoms. The molecule has 0 amide bonds. The molecule has 2 aromatic rings. The molecule has 2 rings (SSSR count). The van der Waals surface area contributed by atoms with Gasteiger partial charge in [-0.25, -0.2) is 4.39 Å². The fourth-order valence-corrected chi connectivity index (χ4v) is 1.27. The number of aromatic nitrogens is 3. The molecule has 16 heavy (non-hydrogen) atoms. The molecule has 0 unspecified atom stereocenters. The van der Waals surface area contributed by atoms with E-state index in [0.717, 1.165) is 0 Å². The van der Waals surface area contributed by atoms with Crippen LogP contribution >= 0.6 is 11.6 Å². The lowest BCUT2D eigenvalue weighted by Crippen LogP contribution is -2.03. The summed E-state index contributed by atoms with van der Waals surface area (Å²) in [7, 11) is 1.81. The molecule has 0 atom stereocenters. The molecule has 1 heterocycles. The fraction of sp³-hybridized carbons (Fsp3) is 0.200. The lowest BCUT2D eigenvalue weighted by atomic mass is 10.3. The molecular weight excluding hydrogens is 233 g/mol. The molecule has 1 aromatic carbocycles. The van der Waals surface area contributed by atoms with E-state index in [9.17, 15) is 4.39 Å². The average Bonchev–Trinajstić information content (AvgIpc) is 2.66. The number of nitrogens with zero attached hydrogens (tertiary/aromatic N) is 3. The van der Waals surface area contributed by atoms with Gasteiger partial charge in [0.15, 0.2) is 5.82 Å². The minimum atomic E-state index is -0.503. The van der Waals surface area contributed by atoms with Gasteiger partial charge in [0, 0.05) is 13.1 Å². The van der Waals surface area contributed by atoms with Crippen LogP contribution in [0.3, 0.4) is 0 Å². The zero-order valence-electron chi connectivity index (χ0n) is 8.52. The van der Waals surface area contributed by atoms with E-state index in [0.29, 0.717) is 11.6 Å². The zero-order valence-corrected chi connectivity index (χ0v) is 9.28. The van der Waals surface area contributed by atoms with Crippen LogP contribution in [0.5, 0.6) is 5.75 Å². The molecule has 0 aliphatic carbocycles. The summed E-state index contributed by atoms with van der Waals surface area (Å²) in [5.74, 6) is 0.567. The molecule has 0 aliphatic rings. The number of hydrogen-bond donors (Lipinski definition) is 0. The van der Waals surface area contributed by atoms with E-state index in [-0.39, 0.29) is 11.6 Å². The zero-order chi connectivity index (χ0) is 11.5. The third kappa shape index (κ3) is 2.30. The van der Waals surface area contributed by atoms with Crippen molar-refractivity contribution in [3.05, 3.63) is 41.2 Å². The van der Waals surface area contributed by atoms with Crippen molar-refractivity contribution < 1.29 is 9.13 Å². The highest BCUT2D eigenvalue weighted by Crippen LogP contribution is 2.20. The van der Waals surface area contributed by atoms with Gasteiger partial charge in [0.2, 0.25) is 0 Å². The average molecular weight is 242 g/mol. The van der Waals surface area contributed by atoms with Gasteiger partial charge in [0.05, 0.1) is 5.02 Å². The number of ether oxygens (including phenoxy) is 1. The van der Waals surface area contributed by atoms with Gasteiger partial charge in [-0.15, -0.1) is 10.2 Å². The van der Waals surface area contributed by atoms with E-state index >= 15 is 0 Å². The lowest BCUT2D eigenvalue weighted by molar-refractivity contribution is 0.290. The second-order valence-corrected chi connectivity index (χ2v) is 3.63. The minimum Gasteiger partial charge on any atom is -0.485 e. The SMILES string of the molecule is Cn1cnnc1COc1ccc(Cl)c(F)c1. The maximum Gasteiger partial charge on any atom is 0.170 e. The van der Waals surface area contributed by atoms with Crippen LogP contribution in [0.25, 0.3) is 0 Å². The van der Waals surface area contributed by atoms with E-state index in [1.807, 2.05) is 0 Å². The van der Waals surface area contributed by atoms with Crippen molar-refractivity contribution in [1.82, 2.24) is 14.8 Å². The molecule has 0 saturated carbocycles. The molecule has 4 nitrogen and oxygen atoms in total. The van der Waals surface area contributed by atoms with Crippen LogP contribution in [-0.4, -0.2) is 14.8 Å². The number of aryl methyl sites for hydroxylation is 1. The Hall–Kier alpha value is -1.62. The monoisotopic (exact) mass is 241 g/mol. The topological polar surface area (TPSA) is 39.9 Å². The lowest BCUT2D eigenvalue weighted by Gasteiger charge is -2.05. The molecular formula is C10H9ClFN3O. The van der Waals surface area contributed by atoms with Gasteiger partial charge in [0.25, 0.3) is 0 Å². The summed E-state index contributed by atoms with van der Waals surface area (Å²) in [6, 6.07) is 4.28. The Labute approximate surface area is 96.6 Å². The van der Waals surface area contributed by atoms with E-state index in [2.05, 4.69) is 10.2 Å². The Bertz CT molecular complexity index is 501. The standard InChI is InChI=1S/C10H9ClFN3O/c1-15-6-13-14-10(15)5-16-7-2-3-8(11)9(12)4-7/h2-4,6H,5H2,1H3.